The molecule has 0 spiro atoms. The first kappa shape index (κ1) is 47.0. The van der Waals surface area contributed by atoms with Gasteiger partial charge < -0.3 is 30.2 Å². The Morgan fingerprint density at radius 1 is 0.846 bits per heavy atom. The largest absolute Gasteiger partial charge is 0.493 e. The van der Waals surface area contributed by atoms with Gasteiger partial charge in [0.2, 0.25) is 5.91 Å². The minimum atomic E-state index is -0.155. The highest BCUT2D eigenvalue weighted by atomic mass is 35.5. The van der Waals surface area contributed by atoms with E-state index >= 15 is 0 Å². The fourth-order valence-electron chi connectivity index (χ4n) is 10.8. The fourth-order valence-corrected chi connectivity index (χ4v) is 11.1. The van der Waals surface area contributed by atoms with Crippen molar-refractivity contribution in [2.75, 3.05) is 32.8 Å². The molecule has 3 fully saturated rings. The number of amides is 1. The average molecular weight is 900 g/mol. The molecule has 8 rings (SSSR count). The van der Waals surface area contributed by atoms with Crippen LogP contribution in [0.15, 0.2) is 66.7 Å². The van der Waals surface area contributed by atoms with E-state index in [-0.39, 0.29) is 12.0 Å². The van der Waals surface area contributed by atoms with Crippen molar-refractivity contribution in [2.24, 2.45) is 17.3 Å². The van der Waals surface area contributed by atoms with Crippen molar-refractivity contribution in [3.05, 3.63) is 111 Å². The van der Waals surface area contributed by atoms with Crippen LogP contribution in [-0.2, 0) is 24.4 Å². The second-order valence-electron chi connectivity index (χ2n) is 20.1. The van der Waals surface area contributed by atoms with E-state index in [1.54, 1.807) is 0 Å². The van der Waals surface area contributed by atoms with Gasteiger partial charge in [-0.15, -0.1) is 0 Å². The van der Waals surface area contributed by atoms with Crippen molar-refractivity contribution in [3.63, 3.8) is 0 Å². The van der Waals surface area contributed by atoms with E-state index in [4.69, 9.17) is 25.8 Å². The molecular weight excluding hydrogens is 828 g/mol. The lowest BCUT2D eigenvalue weighted by Crippen LogP contribution is -2.39. The summed E-state index contributed by atoms with van der Waals surface area (Å²) in [6, 6.07) is 25.4. The van der Waals surface area contributed by atoms with Gasteiger partial charge in [-0.05, 0) is 152 Å². The molecule has 2 heterocycles. The standard InChI is InChI=1S/C56H71ClN4O4/c1-38-46(16-11-19-51(38)63-26-9-5-7-15-45-14-6-4-8-24-56(45,2)3)47-17-10-18-49-48(47)21-22-52(49)65-54-31-53(64-37-41-27-40(32-58)28-42(29-41)44-35-60-36-44)43(30-50(54)57)34-59-25-12-13-39-20-23-55(62)61-33-39/h10-11,16-19,27-31,39,44-45,52,59-60H,4-9,12-15,20-26,33-37H2,1-3H3,(H,61,62)/t39-,45?,52-/m0/s1. The Kier molecular flexibility index (Phi) is 16.1. The summed E-state index contributed by atoms with van der Waals surface area (Å²) in [5.74, 6) is 4.24. The number of nitrogens with one attached hydrogen (secondary N) is 3. The molecule has 4 aromatic carbocycles. The molecular formula is C56H71ClN4O4. The first-order chi connectivity index (χ1) is 31.6. The van der Waals surface area contributed by atoms with Crippen LogP contribution in [-0.4, -0.2) is 38.7 Å². The summed E-state index contributed by atoms with van der Waals surface area (Å²) in [5, 5.41) is 20.4. The molecule has 2 aliphatic carbocycles. The maximum atomic E-state index is 11.6. The Morgan fingerprint density at radius 3 is 2.52 bits per heavy atom. The molecule has 3 N–H and O–H groups in total. The van der Waals surface area contributed by atoms with E-state index in [1.165, 1.54) is 84.7 Å². The first-order valence-corrected chi connectivity index (χ1v) is 25.2. The molecule has 1 saturated carbocycles. The van der Waals surface area contributed by atoms with Crippen molar-refractivity contribution in [3.8, 4) is 34.4 Å². The van der Waals surface area contributed by atoms with Gasteiger partial charge in [0.15, 0.2) is 0 Å². The molecule has 4 aromatic rings. The van der Waals surface area contributed by atoms with Gasteiger partial charge in [-0.1, -0.05) is 94.0 Å². The van der Waals surface area contributed by atoms with Crippen molar-refractivity contribution < 1.29 is 19.0 Å². The number of piperidine rings is 1. The van der Waals surface area contributed by atoms with Crippen LogP contribution in [0.3, 0.4) is 0 Å². The van der Waals surface area contributed by atoms with Gasteiger partial charge >= 0.3 is 0 Å². The van der Waals surface area contributed by atoms with E-state index in [1.807, 2.05) is 24.3 Å². The number of benzene rings is 4. The van der Waals surface area contributed by atoms with E-state index < -0.39 is 0 Å². The van der Waals surface area contributed by atoms with Gasteiger partial charge in [0.25, 0.3) is 0 Å². The third-order valence-corrected chi connectivity index (χ3v) is 15.3. The van der Waals surface area contributed by atoms with Crippen LogP contribution in [0.1, 0.15) is 155 Å². The summed E-state index contributed by atoms with van der Waals surface area (Å²) in [5.41, 5.74) is 10.4. The summed E-state index contributed by atoms with van der Waals surface area (Å²) in [4.78, 5) is 11.6. The van der Waals surface area contributed by atoms with Gasteiger partial charge in [-0.3, -0.25) is 4.79 Å². The number of carbonyl (C=O) groups is 1. The van der Waals surface area contributed by atoms with Crippen molar-refractivity contribution >= 4 is 17.5 Å². The summed E-state index contributed by atoms with van der Waals surface area (Å²) in [6.07, 6.45) is 17.2. The highest BCUT2D eigenvalue weighted by Crippen LogP contribution is 2.45. The normalized spacial score (nSPS) is 20.5. The molecule has 8 nitrogen and oxygen atoms in total. The molecule has 0 radical (unpaired) electrons. The monoisotopic (exact) mass is 899 g/mol. The highest BCUT2D eigenvalue weighted by Gasteiger charge is 2.31. The van der Waals surface area contributed by atoms with Crippen molar-refractivity contribution in [2.45, 2.75) is 142 Å². The van der Waals surface area contributed by atoms with Gasteiger partial charge in [0.05, 0.1) is 23.3 Å². The molecule has 346 valence electrons. The number of halogens is 1. The summed E-state index contributed by atoms with van der Waals surface area (Å²) < 4.78 is 20.0. The molecule has 4 aliphatic rings. The molecule has 2 aliphatic heterocycles. The van der Waals surface area contributed by atoms with Gasteiger partial charge in [-0.2, -0.15) is 5.26 Å². The molecule has 0 aromatic heterocycles. The fraction of sp³-hybridized carbons (Fsp3) is 0.536. The zero-order chi connectivity index (χ0) is 45.2. The molecule has 1 unspecified atom stereocenters. The van der Waals surface area contributed by atoms with Crippen LogP contribution < -0.4 is 30.2 Å². The lowest BCUT2D eigenvalue weighted by atomic mass is 9.73. The number of rotatable bonds is 20. The van der Waals surface area contributed by atoms with Gasteiger partial charge in [0.1, 0.15) is 30.0 Å². The maximum Gasteiger partial charge on any atom is 0.220 e. The minimum Gasteiger partial charge on any atom is -0.493 e. The molecule has 65 heavy (non-hydrogen) atoms. The van der Waals surface area contributed by atoms with E-state index in [0.29, 0.717) is 58.9 Å². The van der Waals surface area contributed by atoms with E-state index in [2.05, 4.69) is 85.3 Å². The average Bonchev–Trinajstić information content (AvgIpc) is 3.61. The summed E-state index contributed by atoms with van der Waals surface area (Å²) in [6.45, 7) is 12.3. The second kappa shape index (κ2) is 22.3. The van der Waals surface area contributed by atoms with Crippen LogP contribution in [0.2, 0.25) is 5.02 Å². The number of ether oxygens (including phenoxy) is 3. The Balaban J connectivity index is 0.928. The smallest absolute Gasteiger partial charge is 0.220 e. The topological polar surface area (TPSA) is 105 Å². The van der Waals surface area contributed by atoms with Crippen LogP contribution in [0.4, 0.5) is 0 Å². The summed E-state index contributed by atoms with van der Waals surface area (Å²) >= 11 is 7.08. The second-order valence-corrected chi connectivity index (χ2v) is 20.5. The van der Waals surface area contributed by atoms with E-state index in [9.17, 15) is 10.1 Å². The number of nitriles is 1. The predicted octanol–water partition coefficient (Wildman–Crippen LogP) is 12.5. The van der Waals surface area contributed by atoms with Gasteiger partial charge in [-0.25, -0.2) is 0 Å². The Bertz CT molecular complexity index is 2290. The molecule has 1 amide bonds. The molecule has 2 saturated heterocycles. The predicted molar refractivity (Wildman–Crippen MR) is 262 cm³/mol. The van der Waals surface area contributed by atoms with Crippen LogP contribution in [0.5, 0.6) is 17.2 Å². The number of hydrogen-bond acceptors (Lipinski definition) is 7. The molecule has 3 atom stereocenters. The lowest BCUT2D eigenvalue weighted by Gasteiger charge is -2.33. The van der Waals surface area contributed by atoms with Crippen molar-refractivity contribution in [1.82, 2.24) is 16.0 Å². The Labute approximate surface area is 393 Å². The minimum absolute atomic E-state index is 0.155. The van der Waals surface area contributed by atoms with Crippen LogP contribution in [0, 0.1) is 35.5 Å². The zero-order valence-corrected chi connectivity index (χ0v) is 39.9. The highest BCUT2D eigenvalue weighted by molar-refractivity contribution is 6.32. The van der Waals surface area contributed by atoms with E-state index in [0.717, 1.165) is 94.1 Å². The number of carbonyl (C=O) groups excluding carboxylic acids is 1. The van der Waals surface area contributed by atoms with Crippen molar-refractivity contribution in [1.29, 1.82) is 5.26 Å². The lowest BCUT2D eigenvalue weighted by molar-refractivity contribution is -0.123. The van der Waals surface area contributed by atoms with Crippen LogP contribution >= 0.6 is 11.6 Å². The van der Waals surface area contributed by atoms with Crippen LogP contribution in [0.25, 0.3) is 11.1 Å². The third kappa shape index (κ3) is 12.1. The quantitative estimate of drug-likeness (QED) is 0.0599. The molecule has 0 bridgehead atoms. The zero-order valence-electron chi connectivity index (χ0n) is 39.2. The molecule has 9 heteroatoms. The maximum absolute atomic E-state index is 11.6. The SMILES string of the molecule is Cc1c(OCCCCCC2CCCCCC2(C)C)cccc1-c1cccc2c1CC[C@@H]2Oc1cc(OCc2cc(C#N)cc(C3CNC3)c2)c(CNCCC[C@H]2CCC(=O)NC2)cc1Cl. The first-order valence-electron chi connectivity index (χ1n) is 24.8. The number of unbranched alkanes of at least 4 members (excludes halogenated alkanes) is 2. The van der Waals surface area contributed by atoms with Gasteiger partial charge in [0, 0.05) is 50.1 Å². The number of nitrogens with zero attached hydrogens (tertiary/aromatic N) is 1. The number of fused-ring (bicyclic) bond motifs is 1. The Hall–Kier alpha value is -4.55. The Morgan fingerprint density at radius 2 is 1.71 bits per heavy atom. The number of hydrogen-bond donors (Lipinski definition) is 3. The summed E-state index contributed by atoms with van der Waals surface area (Å²) in [7, 11) is 0. The third-order valence-electron chi connectivity index (χ3n) is 15.0.